The molecule has 1 aromatic carbocycles. The second-order valence-electron chi connectivity index (χ2n) is 5.75. The molecular formula is C16H20N4O3S. The third-order valence-electron chi connectivity index (χ3n) is 3.95. The van der Waals surface area contributed by atoms with E-state index in [0.717, 1.165) is 22.6 Å². The highest BCUT2D eigenvalue weighted by Crippen LogP contribution is 2.29. The van der Waals surface area contributed by atoms with E-state index in [2.05, 4.69) is 15.3 Å². The molecule has 0 atom stereocenters. The molecule has 0 fully saturated rings. The highest BCUT2D eigenvalue weighted by Gasteiger charge is 2.19. The highest BCUT2D eigenvalue weighted by atomic mass is 32.2. The van der Waals surface area contributed by atoms with Crippen LogP contribution in [0.2, 0.25) is 0 Å². The lowest BCUT2D eigenvalue weighted by atomic mass is 10.0. The van der Waals surface area contributed by atoms with Gasteiger partial charge < -0.3 is 10.1 Å². The predicted octanol–water partition coefficient (Wildman–Crippen LogP) is 1.26. The van der Waals surface area contributed by atoms with Crippen molar-refractivity contribution in [3.63, 3.8) is 0 Å². The number of aromatic nitrogens is 2. The number of sulfonamides is 1. The third-order valence-corrected chi connectivity index (χ3v) is 5.78. The minimum absolute atomic E-state index is 0.00582. The highest BCUT2D eigenvalue weighted by molar-refractivity contribution is 7.89. The summed E-state index contributed by atoms with van der Waals surface area (Å²) >= 11 is 0. The van der Waals surface area contributed by atoms with Gasteiger partial charge in [-0.1, -0.05) is 18.2 Å². The van der Waals surface area contributed by atoms with Crippen molar-refractivity contribution in [3.05, 3.63) is 47.4 Å². The predicted molar refractivity (Wildman–Crippen MR) is 91.6 cm³/mol. The zero-order chi connectivity index (χ0) is 17.2. The molecule has 0 aliphatic carbocycles. The first-order valence-corrected chi connectivity index (χ1v) is 9.26. The van der Waals surface area contributed by atoms with E-state index in [1.165, 1.54) is 24.7 Å². The van der Waals surface area contributed by atoms with Gasteiger partial charge in [-0.2, -0.15) is 0 Å². The summed E-state index contributed by atoms with van der Waals surface area (Å²) in [5.74, 6) is 1.51. The minimum Gasteiger partial charge on any atom is -0.487 e. The monoisotopic (exact) mass is 348 g/mol. The number of hydrogen-bond donors (Lipinski definition) is 1. The van der Waals surface area contributed by atoms with E-state index in [-0.39, 0.29) is 12.3 Å². The topological polar surface area (TPSA) is 84.4 Å². The molecule has 1 aliphatic rings. The fraction of sp³-hybridized carbons (Fsp3) is 0.375. The summed E-state index contributed by atoms with van der Waals surface area (Å²) < 4.78 is 30.7. The Balaban J connectivity index is 1.80. The van der Waals surface area contributed by atoms with E-state index >= 15 is 0 Å². The van der Waals surface area contributed by atoms with Crippen molar-refractivity contribution in [1.29, 1.82) is 0 Å². The third kappa shape index (κ3) is 3.49. The van der Waals surface area contributed by atoms with Gasteiger partial charge in [-0.25, -0.2) is 22.7 Å². The number of anilines is 1. The molecule has 2 aromatic rings. The Hall–Kier alpha value is -2.19. The summed E-state index contributed by atoms with van der Waals surface area (Å²) in [6.07, 6.45) is 2.12. The Morgan fingerprint density at radius 1 is 1.25 bits per heavy atom. The van der Waals surface area contributed by atoms with Gasteiger partial charge in [-0.05, 0) is 11.6 Å². The molecule has 1 aromatic heterocycles. The van der Waals surface area contributed by atoms with Crippen molar-refractivity contribution in [2.45, 2.75) is 13.0 Å². The Morgan fingerprint density at radius 2 is 2.04 bits per heavy atom. The zero-order valence-corrected chi connectivity index (χ0v) is 14.5. The van der Waals surface area contributed by atoms with E-state index in [4.69, 9.17) is 4.74 Å². The lowest BCUT2D eigenvalue weighted by Crippen LogP contribution is -2.28. The van der Waals surface area contributed by atoms with Crippen LogP contribution in [0.15, 0.2) is 30.6 Å². The minimum atomic E-state index is -3.24. The van der Waals surface area contributed by atoms with Crippen molar-refractivity contribution in [2.24, 2.45) is 0 Å². The van der Waals surface area contributed by atoms with E-state index < -0.39 is 10.0 Å². The molecule has 2 heterocycles. The average molecular weight is 348 g/mol. The number of nitrogens with one attached hydrogen (secondary N) is 1. The normalized spacial score (nSPS) is 13.6. The molecule has 0 spiro atoms. The molecule has 0 amide bonds. The number of fused-ring (bicyclic) bond motifs is 2. The van der Waals surface area contributed by atoms with Crippen LogP contribution in [0.3, 0.4) is 0 Å². The van der Waals surface area contributed by atoms with Gasteiger partial charge in [0.1, 0.15) is 24.5 Å². The van der Waals surface area contributed by atoms with E-state index in [1.54, 1.807) is 0 Å². The van der Waals surface area contributed by atoms with Crippen LogP contribution in [0.5, 0.6) is 5.75 Å². The standard InChI is InChI=1S/C16H20N4O3S/c1-20(2)24(21,22)8-7-17-16-13-9-12-5-3-4-6-15(12)23-10-14(13)18-11-19-16/h3-6,11H,7-10H2,1-2H3,(H,17,18,19). The van der Waals surface area contributed by atoms with Crippen molar-refractivity contribution < 1.29 is 13.2 Å². The van der Waals surface area contributed by atoms with Crippen molar-refractivity contribution >= 4 is 15.8 Å². The summed E-state index contributed by atoms with van der Waals surface area (Å²) in [5.41, 5.74) is 2.83. The van der Waals surface area contributed by atoms with Crippen LogP contribution in [0.1, 0.15) is 16.8 Å². The van der Waals surface area contributed by atoms with E-state index in [1.807, 2.05) is 24.3 Å². The fourth-order valence-electron chi connectivity index (χ4n) is 2.52. The van der Waals surface area contributed by atoms with Gasteiger partial charge in [0.2, 0.25) is 10.0 Å². The Kier molecular flexibility index (Phi) is 4.68. The maximum Gasteiger partial charge on any atom is 0.215 e. The molecule has 7 nitrogen and oxygen atoms in total. The van der Waals surface area contributed by atoms with Gasteiger partial charge in [0.15, 0.2) is 0 Å². The molecule has 24 heavy (non-hydrogen) atoms. The molecule has 0 unspecified atom stereocenters. The maximum atomic E-state index is 11.9. The first kappa shape index (κ1) is 16.7. The van der Waals surface area contributed by atoms with Crippen LogP contribution in [-0.2, 0) is 23.1 Å². The van der Waals surface area contributed by atoms with Gasteiger partial charge in [0, 0.05) is 32.6 Å². The number of ether oxygens (including phenoxy) is 1. The zero-order valence-electron chi connectivity index (χ0n) is 13.7. The average Bonchev–Trinajstić information content (AvgIpc) is 2.74. The first-order valence-electron chi connectivity index (χ1n) is 7.65. The molecule has 0 radical (unpaired) electrons. The number of benzene rings is 1. The number of para-hydroxylation sites is 1. The van der Waals surface area contributed by atoms with E-state index in [9.17, 15) is 8.42 Å². The van der Waals surface area contributed by atoms with Gasteiger partial charge in [0.05, 0.1) is 11.4 Å². The Bertz CT molecular complexity index is 837. The largest absolute Gasteiger partial charge is 0.487 e. The van der Waals surface area contributed by atoms with Crippen molar-refractivity contribution in [1.82, 2.24) is 14.3 Å². The van der Waals surface area contributed by atoms with Gasteiger partial charge in [-0.15, -0.1) is 0 Å². The van der Waals surface area contributed by atoms with Crippen LogP contribution in [-0.4, -0.2) is 49.1 Å². The molecule has 3 rings (SSSR count). The fourth-order valence-corrected chi connectivity index (χ4v) is 3.24. The van der Waals surface area contributed by atoms with Crippen molar-refractivity contribution in [2.75, 3.05) is 31.7 Å². The maximum absolute atomic E-state index is 11.9. The summed E-state index contributed by atoms with van der Waals surface area (Å²) in [4.78, 5) is 8.59. The Labute approximate surface area is 141 Å². The molecular weight excluding hydrogens is 328 g/mol. The molecule has 128 valence electrons. The number of nitrogens with zero attached hydrogens (tertiary/aromatic N) is 3. The van der Waals surface area contributed by atoms with Crippen LogP contribution in [0.4, 0.5) is 5.82 Å². The summed E-state index contributed by atoms with van der Waals surface area (Å²) in [5, 5.41) is 3.13. The second kappa shape index (κ2) is 6.74. The molecule has 0 saturated heterocycles. The second-order valence-corrected chi connectivity index (χ2v) is 8.05. The van der Waals surface area contributed by atoms with Gasteiger partial charge >= 0.3 is 0 Å². The molecule has 0 bridgehead atoms. The molecule has 1 N–H and O–H groups in total. The van der Waals surface area contributed by atoms with Crippen LogP contribution < -0.4 is 10.1 Å². The van der Waals surface area contributed by atoms with Crippen LogP contribution in [0.25, 0.3) is 0 Å². The number of rotatable bonds is 5. The number of hydrogen-bond acceptors (Lipinski definition) is 6. The van der Waals surface area contributed by atoms with Gasteiger partial charge in [0.25, 0.3) is 0 Å². The van der Waals surface area contributed by atoms with E-state index in [0.29, 0.717) is 18.8 Å². The van der Waals surface area contributed by atoms with Gasteiger partial charge in [-0.3, -0.25) is 0 Å². The lowest BCUT2D eigenvalue weighted by molar-refractivity contribution is 0.302. The van der Waals surface area contributed by atoms with Crippen LogP contribution in [0, 0.1) is 0 Å². The summed E-state index contributed by atoms with van der Waals surface area (Å²) in [7, 11) is -0.187. The van der Waals surface area contributed by atoms with Crippen LogP contribution >= 0.6 is 0 Å². The quantitative estimate of drug-likeness (QED) is 0.876. The Morgan fingerprint density at radius 3 is 2.83 bits per heavy atom. The lowest BCUT2D eigenvalue weighted by Gasteiger charge is -2.14. The summed E-state index contributed by atoms with van der Waals surface area (Å²) in [6.45, 7) is 0.659. The summed E-state index contributed by atoms with van der Waals surface area (Å²) in [6, 6.07) is 7.85. The van der Waals surface area contributed by atoms with Crippen molar-refractivity contribution in [3.8, 4) is 5.75 Å². The molecule has 8 heteroatoms. The smallest absolute Gasteiger partial charge is 0.215 e. The first-order chi connectivity index (χ1) is 11.5. The molecule has 0 saturated carbocycles. The molecule has 1 aliphatic heterocycles. The SMILES string of the molecule is CN(C)S(=O)(=O)CCNc1ncnc2c1Cc1ccccc1OC2.